The number of nitrogens with one attached hydrogen (secondary N) is 2. The van der Waals surface area contributed by atoms with Crippen LogP contribution in [0.3, 0.4) is 0 Å². The van der Waals surface area contributed by atoms with Crippen molar-refractivity contribution in [2.75, 3.05) is 18.1 Å². The zero-order valence-electron chi connectivity index (χ0n) is 12.3. The molecule has 0 aliphatic rings. The molecular weight excluding hydrogens is 330 g/mol. The van der Waals surface area contributed by atoms with Gasteiger partial charge in [-0.2, -0.15) is 0 Å². The van der Waals surface area contributed by atoms with Crippen LogP contribution in [0, 0.1) is 13.8 Å². The molecule has 0 aliphatic carbocycles. The van der Waals surface area contributed by atoms with E-state index in [0.29, 0.717) is 11.3 Å². The van der Waals surface area contributed by atoms with Crippen LogP contribution in [0.2, 0.25) is 0 Å². The Morgan fingerprint density at radius 2 is 1.76 bits per heavy atom. The topological polar surface area (TPSA) is 67.2 Å². The number of benzene rings is 2. The fourth-order valence-corrected chi connectivity index (χ4v) is 2.88. The third kappa shape index (κ3) is 3.36. The second kappa shape index (κ2) is 6.18. The first-order valence-electron chi connectivity index (χ1n) is 6.57. The quantitative estimate of drug-likeness (QED) is 0.740. The summed E-state index contributed by atoms with van der Waals surface area (Å²) in [6, 6.07) is 9.27. The molecule has 1 amide bonds. The summed E-state index contributed by atoms with van der Waals surface area (Å²) in [4.78, 5) is 11.7. The van der Waals surface area contributed by atoms with Crippen LogP contribution in [0.15, 0.2) is 34.8 Å². The zero-order chi connectivity index (χ0) is 15.6. The first-order chi connectivity index (χ1) is 9.92. The number of nitrogen functional groups attached to an aromatic ring is 1. The van der Waals surface area contributed by atoms with Crippen molar-refractivity contribution in [1.29, 1.82) is 0 Å². The van der Waals surface area contributed by atoms with Crippen molar-refractivity contribution in [3.63, 3.8) is 0 Å². The lowest BCUT2D eigenvalue weighted by Crippen LogP contribution is -2.18. The molecule has 0 saturated carbocycles. The standard InChI is InChI=1S/C16H18BrN3O/c1-9-6-12(17)7-10(2)15(9)20-14-8-11(16(21)19-3)4-5-13(14)18/h4-8,20H,18H2,1-3H3,(H,19,21). The van der Waals surface area contributed by atoms with Crippen molar-refractivity contribution in [3.8, 4) is 0 Å². The number of aryl methyl sites for hydroxylation is 2. The Hall–Kier alpha value is -2.01. The van der Waals surface area contributed by atoms with E-state index >= 15 is 0 Å². The van der Waals surface area contributed by atoms with Crippen molar-refractivity contribution in [2.24, 2.45) is 0 Å². The minimum atomic E-state index is -0.137. The third-order valence-electron chi connectivity index (χ3n) is 3.30. The normalized spacial score (nSPS) is 10.3. The Bertz CT molecular complexity index is 675. The highest BCUT2D eigenvalue weighted by Crippen LogP contribution is 2.31. The second-order valence-corrected chi connectivity index (χ2v) is 5.84. The fourth-order valence-electron chi connectivity index (χ4n) is 2.19. The number of anilines is 3. The molecule has 0 spiro atoms. The minimum absolute atomic E-state index is 0.137. The van der Waals surface area contributed by atoms with Crippen LogP contribution in [0.25, 0.3) is 0 Å². The molecule has 4 nitrogen and oxygen atoms in total. The van der Waals surface area contributed by atoms with Gasteiger partial charge in [-0.05, 0) is 55.3 Å². The van der Waals surface area contributed by atoms with Crippen molar-refractivity contribution in [1.82, 2.24) is 5.32 Å². The minimum Gasteiger partial charge on any atom is -0.397 e. The van der Waals surface area contributed by atoms with E-state index in [1.165, 1.54) is 0 Å². The molecule has 4 N–H and O–H groups in total. The number of amides is 1. The van der Waals surface area contributed by atoms with Gasteiger partial charge in [0, 0.05) is 22.8 Å². The molecule has 0 unspecified atom stereocenters. The van der Waals surface area contributed by atoms with E-state index in [4.69, 9.17) is 5.73 Å². The highest BCUT2D eigenvalue weighted by molar-refractivity contribution is 9.10. The van der Waals surface area contributed by atoms with Gasteiger partial charge in [0.05, 0.1) is 11.4 Å². The van der Waals surface area contributed by atoms with Crippen LogP contribution in [-0.2, 0) is 0 Å². The van der Waals surface area contributed by atoms with Crippen molar-refractivity contribution in [2.45, 2.75) is 13.8 Å². The molecule has 0 heterocycles. The summed E-state index contributed by atoms with van der Waals surface area (Å²) >= 11 is 3.48. The predicted molar refractivity (Wildman–Crippen MR) is 91.1 cm³/mol. The van der Waals surface area contributed by atoms with Crippen LogP contribution in [-0.4, -0.2) is 13.0 Å². The van der Waals surface area contributed by atoms with Crippen LogP contribution < -0.4 is 16.4 Å². The van der Waals surface area contributed by atoms with E-state index in [2.05, 4.69) is 26.6 Å². The maximum absolute atomic E-state index is 11.7. The highest BCUT2D eigenvalue weighted by atomic mass is 79.9. The molecule has 5 heteroatoms. The number of nitrogens with two attached hydrogens (primary N) is 1. The number of hydrogen-bond acceptors (Lipinski definition) is 3. The molecule has 2 rings (SSSR count). The lowest BCUT2D eigenvalue weighted by Gasteiger charge is -2.16. The Kier molecular flexibility index (Phi) is 4.53. The Balaban J connectivity index is 2.42. The lowest BCUT2D eigenvalue weighted by atomic mass is 10.1. The average molecular weight is 348 g/mol. The molecule has 21 heavy (non-hydrogen) atoms. The van der Waals surface area contributed by atoms with Gasteiger partial charge >= 0.3 is 0 Å². The summed E-state index contributed by atoms with van der Waals surface area (Å²) in [5, 5.41) is 5.94. The number of carbonyl (C=O) groups is 1. The first kappa shape index (κ1) is 15.4. The molecule has 0 aliphatic heterocycles. The van der Waals surface area contributed by atoms with Crippen LogP contribution in [0.5, 0.6) is 0 Å². The fraction of sp³-hybridized carbons (Fsp3) is 0.188. The number of carbonyl (C=O) groups excluding carboxylic acids is 1. The van der Waals surface area contributed by atoms with Crippen LogP contribution in [0.1, 0.15) is 21.5 Å². The number of hydrogen-bond donors (Lipinski definition) is 3. The molecule has 0 saturated heterocycles. The Morgan fingerprint density at radius 1 is 1.14 bits per heavy atom. The molecule has 0 fully saturated rings. The molecule has 110 valence electrons. The van der Waals surface area contributed by atoms with Gasteiger partial charge < -0.3 is 16.4 Å². The largest absolute Gasteiger partial charge is 0.397 e. The van der Waals surface area contributed by atoms with E-state index in [1.807, 2.05) is 26.0 Å². The molecule has 0 atom stereocenters. The van der Waals surface area contributed by atoms with Crippen molar-refractivity contribution in [3.05, 3.63) is 51.5 Å². The number of rotatable bonds is 3. The molecule has 2 aromatic rings. The average Bonchev–Trinajstić information content (AvgIpc) is 2.43. The first-order valence-corrected chi connectivity index (χ1v) is 7.37. The van der Waals surface area contributed by atoms with E-state index in [0.717, 1.165) is 27.0 Å². The Labute approximate surface area is 132 Å². The van der Waals surface area contributed by atoms with E-state index in [1.54, 1.807) is 25.2 Å². The van der Waals surface area contributed by atoms with Gasteiger partial charge in [0.1, 0.15) is 0 Å². The Morgan fingerprint density at radius 3 is 2.33 bits per heavy atom. The van der Waals surface area contributed by atoms with Gasteiger partial charge in [-0.3, -0.25) is 4.79 Å². The number of halogens is 1. The monoisotopic (exact) mass is 347 g/mol. The smallest absolute Gasteiger partial charge is 0.251 e. The van der Waals surface area contributed by atoms with E-state index in [-0.39, 0.29) is 5.91 Å². The van der Waals surface area contributed by atoms with E-state index < -0.39 is 0 Å². The molecule has 0 radical (unpaired) electrons. The molecule has 2 aromatic carbocycles. The summed E-state index contributed by atoms with van der Waals surface area (Å²) in [5.41, 5.74) is 11.1. The summed E-state index contributed by atoms with van der Waals surface area (Å²) in [6.45, 7) is 4.05. The maximum atomic E-state index is 11.7. The van der Waals surface area contributed by atoms with Crippen molar-refractivity contribution < 1.29 is 4.79 Å². The van der Waals surface area contributed by atoms with E-state index in [9.17, 15) is 4.79 Å². The maximum Gasteiger partial charge on any atom is 0.251 e. The summed E-state index contributed by atoms with van der Waals surface area (Å²) in [7, 11) is 1.61. The second-order valence-electron chi connectivity index (χ2n) is 4.92. The predicted octanol–water partition coefficient (Wildman–Crippen LogP) is 3.75. The van der Waals surface area contributed by atoms with Crippen molar-refractivity contribution >= 4 is 38.9 Å². The zero-order valence-corrected chi connectivity index (χ0v) is 13.8. The summed E-state index contributed by atoms with van der Waals surface area (Å²) < 4.78 is 1.04. The molecule has 0 aromatic heterocycles. The van der Waals surface area contributed by atoms with Crippen LogP contribution in [0.4, 0.5) is 17.1 Å². The van der Waals surface area contributed by atoms with Gasteiger partial charge in [-0.25, -0.2) is 0 Å². The SMILES string of the molecule is CNC(=O)c1ccc(N)c(Nc2c(C)cc(Br)cc2C)c1. The summed E-state index contributed by atoms with van der Waals surface area (Å²) in [5.74, 6) is -0.137. The molecular formula is C16H18BrN3O. The highest BCUT2D eigenvalue weighted by Gasteiger charge is 2.10. The lowest BCUT2D eigenvalue weighted by molar-refractivity contribution is 0.0963. The van der Waals surface area contributed by atoms with Gasteiger partial charge in [0.25, 0.3) is 5.91 Å². The van der Waals surface area contributed by atoms with Gasteiger partial charge in [0.2, 0.25) is 0 Å². The van der Waals surface area contributed by atoms with Gasteiger partial charge in [-0.1, -0.05) is 15.9 Å². The summed E-state index contributed by atoms with van der Waals surface area (Å²) in [6.07, 6.45) is 0. The van der Waals surface area contributed by atoms with Crippen LogP contribution >= 0.6 is 15.9 Å². The van der Waals surface area contributed by atoms with Gasteiger partial charge in [0.15, 0.2) is 0 Å². The van der Waals surface area contributed by atoms with Gasteiger partial charge in [-0.15, -0.1) is 0 Å². The molecule has 0 bridgehead atoms. The third-order valence-corrected chi connectivity index (χ3v) is 3.76.